The highest BCUT2D eigenvalue weighted by atomic mass is 127. The van der Waals surface area contributed by atoms with Crippen LogP contribution in [0.5, 0.6) is 0 Å². The van der Waals surface area contributed by atoms with E-state index < -0.39 is 0 Å². The van der Waals surface area contributed by atoms with Gasteiger partial charge in [0.05, 0.1) is 5.57 Å². The molecule has 0 spiro atoms. The van der Waals surface area contributed by atoms with Crippen LogP contribution in [-0.2, 0) is 7.86 Å². The van der Waals surface area contributed by atoms with Gasteiger partial charge in [-0.1, -0.05) is 11.6 Å². The van der Waals surface area contributed by atoms with Gasteiger partial charge in [0.25, 0.3) is 0 Å². The van der Waals surface area contributed by atoms with Gasteiger partial charge in [0.15, 0.2) is 23.0 Å². The van der Waals surface area contributed by atoms with Gasteiger partial charge in [-0.3, -0.25) is 0 Å². The van der Waals surface area contributed by atoms with E-state index >= 15 is 0 Å². The quantitative estimate of drug-likeness (QED) is 0.745. The van der Waals surface area contributed by atoms with E-state index in [2.05, 4.69) is 3.07 Å². The second-order valence-electron chi connectivity index (χ2n) is 2.72. The second-order valence-corrected chi connectivity index (χ2v) is 3.16. The molecule has 0 saturated heterocycles. The fourth-order valence-corrected chi connectivity index (χ4v) is 1.47. The van der Waals surface area contributed by atoms with Crippen LogP contribution in [-0.4, -0.2) is 5.97 Å². The number of halogens is 1. The minimum atomic E-state index is -0.346. The highest BCUT2D eigenvalue weighted by Crippen LogP contribution is 2.23. The predicted molar refractivity (Wildman–Crippen MR) is 54.3 cm³/mol. The third-order valence-corrected chi connectivity index (χ3v) is 2.27. The van der Waals surface area contributed by atoms with Gasteiger partial charge < -0.3 is 8.80 Å². The molecule has 0 heterocycles. The minimum Gasteiger partial charge on any atom is -0.398 e. The van der Waals surface area contributed by atoms with Crippen molar-refractivity contribution in [1.29, 1.82) is 0 Å². The summed E-state index contributed by atoms with van der Waals surface area (Å²) in [6.45, 7) is 1.91. The lowest BCUT2D eigenvalue weighted by Crippen LogP contribution is -2.15. The van der Waals surface area contributed by atoms with Gasteiger partial charge in [-0.15, -0.1) is 0 Å². The molecule has 0 aliphatic heterocycles. The first kappa shape index (κ1) is 9.57. The molecule has 0 aromatic carbocycles. The van der Waals surface area contributed by atoms with Gasteiger partial charge in [-0.25, -0.2) is 4.79 Å². The topological polar surface area (TPSA) is 52.3 Å². The lowest BCUT2D eigenvalue weighted by atomic mass is 9.96. The van der Waals surface area contributed by atoms with E-state index in [-0.39, 0.29) is 5.97 Å². The van der Waals surface area contributed by atoms with Crippen molar-refractivity contribution in [3.8, 4) is 0 Å². The average Bonchev–Trinajstić information content (AvgIpc) is 2.03. The van der Waals surface area contributed by atoms with Gasteiger partial charge in [-0.05, 0) is 19.8 Å². The molecule has 1 aliphatic carbocycles. The summed E-state index contributed by atoms with van der Waals surface area (Å²) in [4.78, 5) is 11.2. The van der Waals surface area contributed by atoms with Crippen molar-refractivity contribution in [3.05, 3.63) is 22.9 Å². The van der Waals surface area contributed by atoms with Crippen LogP contribution in [0.15, 0.2) is 22.9 Å². The lowest BCUT2D eigenvalue weighted by Gasteiger charge is -2.13. The molecule has 0 aromatic rings. The molecule has 1 rings (SSSR count). The summed E-state index contributed by atoms with van der Waals surface area (Å²) in [6, 6.07) is 0. The van der Waals surface area contributed by atoms with E-state index in [1.807, 2.05) is 13.0 Å². The van der Waals surface area contributed by atoms with Crippen LogP contribution in [0.2, 0.25) is 0 Å². The smallest absolute Gasteiger partial charge is 0.349 e. The second kappa shape index (κ2) is 3.93. The van der Waals surface area contributed by atoms with Crippen LogP contribution < -0.4 is 5.73 Å². The van der Waals surface area contributed by atoms with Gasteiger partial charge in [0.1, 0.15) is 0 Å². The van der Waals surface area contributed by atoms with Crippen molar-refractivity contribution in [2.75, 3.05) is 0 Å². The zero-order chi connectivity index (χ0) is 9.14. The van der Waals surface area contributed by atoms with Gasteiger partial charge >= 0.3 is 5.97 Å². The zero-order valence-corrected chi connectivity index (χ0v) is 8.92. The fourth-order valence-electron chi connectivity index (χ4n) is 1.25. The van der Waals surface area contributed by atoms with E-state index in [1.165, 1.54) is 0 Å². The Labute approximate surface area is 85.3 Å². The van der Waals surface area contributed by atoms with Crippen molar-refractivity contribution >= 4 is 29.0 Å². The van der Waals surface area contributed by atoms with Crippen molar-refractivity contribution < 1.29 is 7.86 Å². The molecule has 0 bridgehead atoms. The molecule has 66 valence electrons. The van der Waals surface area contributed by atoms with E-state index in [0.717, 1.165) is 18.4 Å². The van der Waals surface area contributed by atoms with Gasteiger partial charge in [0, 0.05) is 5.70 Å². The molecule has 0 fully saturated rings. The summed E-state index contributed by atoms with van der Waals surface area (Å²) in [7, 11) is 0. The molecule has 4 heteroatoms. The number of hydrogen-bond acceptors (Lipinski definition) is 3. The molecular weight excluding hydrogens is 269 g/mol. The minimum absolute atomic E-state index is 0.346. The summed E-state index contributed by atoms with van der Waals surface area (Å²) >= 11 is 1.57. The van der Waals surface area contributed by atoms with Gasteiger partial charge in [-0.2, -0.15) is 0 Å². The number of allylic oxidation sites excluding steroid dienone is 2. The monoisotopic (exact) mass is 279 g/mol. The Morgan fingerprint density at radius 1 is 1.75 bits per heavy atom. The molecule has 0 amide bonds. The van der Waals surface area contributed by atoms with Crippen molar-refractivity contribution in [2.45, 2.75) is 19.8 Å². The maximum absolute atomic E-state index is 11.2. The number of carbonyl (C=O) groups excluding carboxylic acids is 1. The molecule has 3 nitrogen and oxygen atoms in total. The molecule has 0 atom stereocenters. The Morgan fingerprint density at radius 3 is 2.92 bits per heavy atom. The third kappa shape index (κ3) is 1.80. The predicted octanol–water partition coefficient (Wildman–Crippen LogP) is 1.83. The van der Waals surface area contributed by atoms with E-state index in [9.17, 15) is 4.79 Å². The van der Waals surface area contributed by atoms with Crippen LogP contribution in [0.25, 0.3) is 0 Å². The summed E-state index contributed by atoms with van der Waals surface area (Å²) in [5.41, 5.74) is 7.74. The van der Waals surface area contributed by atoms with Crippen LogP contribution in [0.1, 0.15) is 19.8 Å². The largest absolute Gasteiger partial charge is 0.398 e. The highest BCUT2D eigenvalue weighted by molar-refractivity contribution is 14.1. The summed E-state index contributed by atoms with van der Waals surface area (Å²) in [5, 5.41) is 0. The number of carbonyl (C=O) groups is 1. The lowest BCUT2D eigenvalue weighted by molar-refractivity contribution is -0.127. The first-order chi connectivity index (χ1) is 5.66. The molecule has 0 unspecified atom stereocenters. The molecule has 2 N–H and O–H groups in total. The molecule has 0 radical (unpaired) electrons. The zero-order valence-electron chi connectivity index (χ0n) is 6.76. The summed E-state index contributed by atoms with van der Waals surface area (Å²) in [6.07, 6.45) is 3.66. The Hall–Kier alpha value is -0.520. The van der Waals surface area contributed by atoms with Gasteiger partial charge in [0.2, 0.25) is 0 Å². The third-order valence-electron chi connectivity index (χ3n) is 1.87. The summed E-state index contributed by atoms with van der Waals surface area (Å²) < 4.78 is 4.58. The van der Waals surface area contributed by atoms with Crippen molar-refractivity contribution in [1.82, 2.24) is 0 Å². The van der Waals surface area contributed by atoms with E-state index in [4.69, 9.17) is 5.73 Å². The molecule has 12 heavy (non-hydrogen) atoms. The van der Waals surface area contributed by atoms with E-state index in [0.29, 0.717) is 11.3 Å². The van der Waals surface area contributed by atoms with Crippen LogP contribution >= 0.6 is 23.0 Å². The standard InChI is InChI=1S/C8H10INO2/c1-5-3-2-4-6(10)7(5)8(11)12-9/h4H,2-3,10H2,1H3. The van der Waals surface area contributed by atoms with Crippen LogP contribution in [0.4, 0.5) is 0 Å². The normalized spacial score (nSPS) is 17.3. The Bertz CT molecular complexity index is 268. The first-order valence-corrected chi connectivity index (χ1v) is 4.53. The van der Waals surface area contributed by atoms with Crippen molar-refractivity contribution in [3.63, 3.8) is 0 Å². The molecule has 0 saturated carbocycles. The highest BCUT2D eigenvalue weighted by Gasteiger charge is 2.18. The van der Waals surface area contributed by atoms with Crippen LogP contribution in [0, 0.1) is 0 Å². The average molecular weight is 279 g/mol. The maximum Gasteiger partial charge on any atom is 0.349 e. The SMILES string of the molecule is CC1=C(C(=O)OI)C(N)=CCC1. The Balaban J connectivity index is 2.98. The van der Waals surface area contributed by atoms with Crippen molar-refractivity contribution in [2.24, 2.45) is 5.73 Å². The van der Waals surface area contributed by atoms with Crippen LogP contribution in [0.3, 0.4) is 0 Å². The number of rotatable bonds is 1. The molecular formula is C8H10INO2. The summed E-state index contributed by atoms with van der Waals surface area (Å²) in [5.74, 6) is -0.346. The first-order valence-electron chi connectivity index (χ1n) is 3.65. The number of nitrogens with two attached hydrogens (primary N) is 1. The fraction of sp³-hybridized carbons (Fsp3) is 0.375. The Kier molecular flexibility index (Phi) is 3.13. The molecule has 1 aliphatic rings. The van der Waals surface area contributed by atoms with E-state index in [1.54, 1.807) is 23.0 Å². The Morgan fingerprint density at radius 2 is 2.42 bits per heavy atom. The maximum atomic E-state index is 11.2. The molecule has 0 aromatic heterocycles. The number of hydrogen-bond donors (Lipinski definition) is 1.